The van der Waals surface area contributed by atoms with Crippen molar-refractivity contribution in [3.05, 3.63) is 16.1 Å². The maximum atomic E-state index is 11.2. The van der Waals surface area contributed by atoms with Gasteiger partial charge in [0.2, 0.25) is 5.69 Å². The Labute approximate surface area is 103 Å². The van der Waals surface area contributed by atoms with Gasteiger partial charge in [-0.25, -0.2) is 0 Å². The average molecular weight is 267 g/mol. The van der Waals surface area contributed by atoms with Crippen molar-refractivity contribution in [2.45, 2.75) is 6.92 Å². The highest BCUT2D eigenvalue weighted by molar-refractivity contribution is 5.59. The van der Waals surface area contributed by atoms with E-state index in [9.17, 15) is 10.4 Å². The molecular formula is C7H5N7O5. The molecule has 0 radical (unpaired) electrons. The maximum Gasteiger partial charge on any atom is 0.318 e. The fourth-order valence-electron chi connectivity index (χ4n) is 1.35. The first-order valence-corrected chi connectivity index (χ1v) is 4.83. The molecule has 0 aliphatic heterocycles. The van der Waals surface area contributed by atoms with Crippen molar-refractivity contribution in [1.82, 2.24) is 20.5 Å². The van der Waals surface area contributed by atoms with Crippen molar-refractivity contribution in [2.24, 2.45) is 0 Å². The molecule has 0 amide bonds. The minimum atomic E-state index is -0.227. The van der Waals surface area contributed by atoms with Gasteiger partial charge in [0.25, 0.3) is 11.8 Å². The second-order valence-electron chi connectivity index (χ2n) is 3.44. The van der Waals surface area contributed by atoms with Crippen LogP contribution in [0.5, 0.6) is 0 Å². The number of hydrogen-bond donors (Lipinski definition) is 1. The molecule has 0 aliphatic carbocycles. The third-order valence-corrected chi connectivity index (χ3v) is 2.29. The molecule has 3 aromatic rings. The van der Waals surface area contributed by atoms with Gasteiger partial charge >= 0.3 is 17.2 Å². The van der Waals surface area contributed by atoms with Crippen LogP contribution in [-0.2, 0) is 0 Å². The largest absolute Gasteiger partial charge is 0.409 e. The van der Waals surface area contributed by atoms with Crippen molar-refractivity contribution >= 4 is 5.82 Å². The lowest BCUT2D eigenvalue weighted by molar-refractivity contribution is -0.806. The molecule has 2 N–H and O–H groups in total. The number of nitrogen functional groups attached to an aromatic ring is 1. The molecule has 98 valence electrons. The summed E-state index contributed by atoms with van der Waals surface area (Å²) in [4.78, 5) is 0.205. The molecule has 0 bridgehead atoms. The van der Waals surface area contributed by atoms with Crippen molar-refractivity contribution in [2.75, 3.05) is 5.73 Å². The molecule has 12 heteroatoms. The first-order chi connectivity index (χ1) is 9.08. The van der Waals surface area contributed by atoms with E-state index in [1.54, 1.807) is 0 Å². The summed E-state index contributed by atoms with van der Waals surface area (Å²) in [5, 5.41) is 36.2. The Morgan fingerprint density at radius 1 is 1.05 bits per heavy atom. The van der Waals surface area contributed by atoms with Gasteiger partial charge in [0.05, 0.1) is 10.3 Å². The quantitative estimate of drug-likeness (QED) is 0.540. The second-order valence-corrected chi connectivity index (χ2v) is 3.44. The zero-order chi connectivity index (χ0) is 13.6. The summed E-state index contributed by atoms with van der Waals surface area (Å²) in [5.41, 5.74) is 5.37. The average Bonchev–Trinajstić information content (AvgIpc) is 3.03. The van der Waals surface area contributed by atoms with E-state index in [2.05, 4.69) is 29.8 Å². The maximum absolute atomic E-state index is 11.2. The Hall–Kier alpha value is -3.18. The molecule has 3 aromatic heterocycles. The molecule has 0 aromatic carbocycles. The van der Waals surface area contributed by atoms with E-state index in [0.29, 0.717) is 0 Å². The summed E-state index contributed by atoms with van der Waals surface area (Å²) in [6.07, 6.45) is 0. The van der Waals surface area contributed by atoms with Gasteiger partial charge in [0.15, 0.2) is 0 Å². The van der Waals surface area contributed by atoms with Crippen LogP contribution in [0, 0.1) is 17.3 Å². The van der Waals surface area contributed by atoms with Gasteiger partial charge in [0, 0.05) is 6.92 Å². The van der Waals surface area contributed by atoms with E-state index < -0.39 is 0 Å². The summed E-state index contributed by atoms with van der Waals surface area (Å²) in [6, 6.07) is 0. The number of nitrogens with two attached hydrogens (primary N) is 1. The fourth-order valence-corrected chi connectivity index (χ4v) is 1.35. The lowest BCUT2D eigenvalue weighted by atomic mass is 10.3. The molecule has 0 fully saturated rings. The van der Waals surface area contributed by atoms with Crippen LogP contribution in [0.2, 0.25) is 0 Å². The summed E-state index contributed by atoms with van der Waals surface area (Å²) >= 11 is 0. The third-order valence-electron chi connectivity index (χ3n) is 2.29. The van der Waals surface area contributed by atoms with Gasteiger partial charge in [-0.1, -0.05) is 0 Å². The van der Waals surface area contributed by atoms with Gasteiger partial charge in [-0.15, -0.1) is 10.2 Å². The monoisotopic (exact) mass is 267 g/mol. The van der Waals surface area contributed by atoms with Crippen molar-refractivity contribution in [1.29, 1.82) is 0 Å². The normalized spacial score (nSPS) is 11.0. The predicted octanol–water partition coefficient (Wildman–Crippen LogP) is -1.46. The van der Waals surface area contributed by atoms with Crippen LogP contribution in [0.25, 0.3) is 23.2 Å². The second kappa shape index (κ2) is 3.66. The molecule has 0 aliphatic rings. The highest BCUT2D eigenvalue weighted by Gasteiger charge is 2.28. The lowest BCUT2D eigenvalue weighted by Crippen LogP contribution is -2.25. The molecule has 0 unspecified atom stereocenters. The van der Waals surface area contributed by atoms with Crippen LogP contribution in [0.4, 0.5) is 5.82 Å². The predicted molar refractivity (Wildman–Crippen MR) is 52.4 cm³/mol. The molecule has 0 saturated carbocycles. The Balaban J connectivity index is 2.07. The topological polar surface area (TPSA) is 171 Å². The molecule has 3 heterocycles. The number of hydrogen-bond acceptors (Lipinski definition) is 10. The first-order valence-electron chi connectivity index (χ1n) is 4.83. The summed E-state index contributed by atoms with van der Waals surface area (Å²) in [5.74, 6) is -0.531. The van der Waals surface area contributed by atoms with Crippen LogP contribution in [0.3, 0.4) is 0 Å². The zero-order valence-corrected chi connectivity index (χ0v) is 9.30. The molecule has 0 saturated heterocycles. The zero-order valence-electron chi connectivity index (χ0n) is 9.30. The number of rotatable bonds is 2. The summed E-state index contributed by atoms with van der Waals surface area (Å²) in [7, 11) is 0. The van der Waals surface area contributed by atoms with Crippen molar-refractivity contribution in [3.63, 3.8) is 0 Å². The first kappa shape index (κ1) is 10.9. The Bertz CT molecular complexity index is 723. The fraction of sp³-hybridized carbons (Fsp3) is 0.143. The minimum absolute atomic E-state index is 0.0239. The van der Waals surface area contributed by atoms with E-state index in [1.807, 2.05) is 0 Å². The van der Waals surface area contributed by atoms with Gasteiger partial charge in [-0.05, 0) is 9.81 Å². The standard InChI is InChI=1S/C7H5N7O5/c1-2-3(11-18-13(2)15)6-9-10-7(17-6)4-5(8)12-19-14(4)16/h1H3,(H2,8,12). The Morgan fingerprint density at radius 2 is 1.74 bits per heavy atom. The van der Waals surface area contributed by atoms with Crippen LogP contribution >= 0.6 is 0 Å². The molecule has 0 atom stereocenters. The molecular weight excluding hydrogens is 262 g/mol. The highest BCUT2D eigenvalue weighted by Crippen LogP contribution is 2.24. The van der Waals surface area contributed by atoms with Gasteiger partial charge in [-0.3, -0.25) is 9.26 Å². The number of aromatic nitrogens is 6. The molecule has 0 spiro atoms. The SMILES string of the molecule is Cc1c(-c2nnc(-c3c(N)no[n+]3[O-])o2)no[n+]1[O-]. The van der Waals surface area contributed by atoms with Gasteiger partial charge < -0.3 is 20.6 Å². The van der Waals surface area contributed by atoms with Crippen molar-refractivity contribution in [3.8, 4) is 23.2 Å². The number of nitrogens with zero attached hydrogens (tertiary/aromatic N) is 6. The third kappa shape index (κ3) is 1.54. The molecule has 3 rings (SSSR count). The summed E-state index contributed by atoms with van der Waals surface area (Å²) < 4.78 is 13.8. The molecule has 12 nitrogen and oxygen atoms in total. The van der Waals surface area contributed by atoms with E-state index in [-0.39, 0.29) is 44.5 Å². The van der Waals surface area contributed by atoms with Crippen LogP contribution in [-0.4, -0.2) is 20.5 Å². The van der Waals surface area contributed by atoms with E-state index in [0.717, 1.165) is 0 Å². The van der Waals surface area contributed by atoms with Gasteiger partial charge in [0.1, 0.15) is 0 Å². The van der Waals surface area contributed by atoms with Crippen LogP contribution in [0.1, 0.15) is 5.69 Å². The highest BCUT2D eigenvalue weighted by atomic mass is 16.8. The summed E-state index contributed by atoms with van der Waals surface area (Å²) in [6.45, 7) is 1.45. The van der Waals surface area contributed by atoms with Gasteiger partial charge in [-0.2, -0.15) is 0 Å². The molecule has 19 heavy (non-hydrogen) atoms. The Kier molecular flexibility index (Phi) is 2.11. The minimum Gasteiger partial charge on any atom is -0.409 e. The van der Waals surface area contributed by atoms with E-state index >= 15 is 0 Å². The van der Waals surface area contributed by atoms with Crippen LogP contribution < -0.4 is 15.5 Å². The van der Waals surface area contributed by atoms with Crippen molar-refractivity contribution < 1.29 is 23.5 Å². The smallest absolute Gasteiger partial charge is 0.318 e. The van der Waals surface area contributed by atoms with E-state index in [1.165, 1.54) is 6.92 Å². The van der Waals surface area contributed by atoms with E-state index in [4.69, 9.17) is 10.2 Å². The Morgan fingerprint density at radius 3 is 2.32 bits per heavy atom. The number of anilines is 1. The lowest BCUT2D eigenvalue weighted by Gasteiger charge is -1.88. The van der Waals surface area contributed by atoms with Crippen LogP contribution in [0.15, 0.2) is 13.7 Å².